The number of nitrogens with one attached hydrogen (secondary N) is 3. The number of aromatic amines is 1. The molecule has 222 valence electrons. The van der Waals surface area contributed by atoms with Crippen LogP contribution in [0.3, 0.4) is 0 Å². The van der Waals surface area contributed by atoms with Gasteiger partial charge in [0.1, 0.15) is 12.3 Å². The predicted octanol–water partition coefficient (Wildman–Crippen LogP) is 6.31. The van der Waals surface area contributed by atoms with E-state index in [0.717, 1.165) is 6.07 Å². The number of hydrogen-bond donors (Lipinski definition) is 4. The smallest absolute Gasteiger partial charge is 0.404 e. The summed E-state index contributed by atoms with van der Waals surface area (Å²) in [6, 6.07) is 8.92. The molecular formula is C27H30F6N6O2. The number of hydrogen-bond acceptors (Lipinski definition) is 7. The van der Waals surface area contributed by atoms with E-state index in [1.54, 1.807) is 0 Å². The van der Waals surface area contributed by atoms with Gasteiger partial charge in [-0.05, 0) is 42.7 Å². The number of piperidine rings is 1. The van der Waals surface area contributed by atoms with Gasteiger partial charge in [-0.1, -0.05) is 26.8 Å². The van der Waals surface area contributed by atoms with E-state index in [1.165, 1.54) is 29.2 Å². The summed E-state index contributed by atoms with van der Waals surface area (Å²) < 4.78 is 83.6. The Morgan fingerprint density at radius 2 is 1.90 bits per heavy atom. The van der Waals surface area contributed by atoms with E-state index in [0.29, 0.717) is 35.2 Å². The first-order chi connectivity index (χ1) is 19.0. The first-order valence-corrected chi connectivity index (χ1v) is 12.9. The Bertz CT molecular complexity index is 1420. The monoisotopic (exact) mass is 584 g/mol. The van der Waals surface area contributed by atoms with E-state index in [1.807, 2.05) is 26.8 Å². The number of nitrogens with zero attached hydrogens (tertiary/aromatic N) is 3. The average Bonchev–Trinajstić information content (AvgIpc) is 3.27. The van der Waals surface area contributed by atoms with Gasteiger partial charge in [0.05, 0.1) is 33.9 Å². The molecule has 2 aromatic carbocycles. The summed E-state index contributed by atoms with van der Waals surface area (Å²) in [6.45, 7) is 5.66. The lowest BCUT2D eigenvalue weighted by atomic mass is 9.94. The molecule has 2 heterocycles. The Morgan fingerprint density at radius 3 is 2.54 bits per heavy atom. The number of rotatable bonds is 7. The molecule has 0 radical (unpaired) electrons. The third-order valence-electron chi connectivity index (χ3n) is 6.79. The summed E-state index contributed by atoms with van der Waals surface area (Å²) in [5.41, 5.74) is 1.11. The van der Waals surface area contributed by atoms with Crippen molar-refractivity contribution in [3.8, 4) is 11.8 Å². The molecular weight excluding hydrogens is 554 g/mol. The van der Waals surface area contributed by atoms with Crippen LogP contribution in [0.4, 0.5) is 43.7 Å². The molecule has 1 aliphatic rings. The number of fused-ring (bicyclic) bond motifs is 1. The summed E-state index contributed by atoms with van der Waals surface area (Å²) in [5.74, 6) is -2.02. The molecule has 14 heteroatoms. The Morgan fingerprint density at radius 1 is 1.17 bits per heavy atom. The molecule has 1 fully saturated rings. The third-order valence-corrected chi connectivity index (χ3v) is 6.79. The van der Waals surface area contributed by atoms with Gasteiger partial charge in [0.2, 0.25) is 5.95 Å². The van der Waals surface area contributed by atoms with E-state index in [-0.39, 0.29) is 36.7 Å². The van der Waals surface area contributed by atoms with Gasteiger partial charge in [-0.3, -0.25) is 5.32 Å². The van der Waals surface area contributed by atoms with Gasteiger partial charge in [0.25, 0.3) is 0 Å². The van der Waals surface area contributed by atoms with Gasteiger partial charge < -0.3 is 25.0 Å². The van der Waals surface area contributed by atoms with E-state index >= 15 is 0 Å². The standard InChI is InChI=1S/C27H30F6N6O2/c1-25(2,3)23(40)35-13-15-6-7-22(41-27(31,32)33)20(9-15)38-24-36-18-10-16(12-34)21(11-19(18)37-24)39-8-4-5-17(14-39)26(28,29)30/h6-7,9-11,17,23,35,40H,4-5,8,13-14H2,1-3H3,(H2,36,37,38). The largest absolute Gasteiger partial charge is 0.573 e. The molecule has 8 nitrogen and oxygen atoms in total. The van der Waals surface area contributed by atoms with Crippen LogP contribution in [0.15, 0.2) is 30.3 Å². The Kier molecular flexibility index (Phi) is 8.33. The fourth-order valence-electron chi connectivity index (χ4n) is 4.57. The Balaban J connectivity index is 1.63. The number of anilines is 3. The number of aliphatic hydroxyl groups is 1. The normalized spacial score (nSPS) is 17.4. The summed E-state index contributed by atoms with van der Waals surface area (Å²) in [7, 11) is 0. The second-order valence-electron chi connectivity index (χ2n) is 11.1. The van der Waals surface area contributed by atoms with Crippen molar-refractivity contribution in [2.75, 3.05) is 23.3 Å². The molecule has 2 unspecified atom stereocenters. The van der Waals surface area contributed by atoms with Crippen LogP contribution in [0.2, 0.25) is 0 Å². The molecule has 1 aromatic heterocycles. The zero-order chi connectivity index (χ0) is 30.2. The zero-order valence-corrected chi connectivity index (χ0v) is 22.5. The van der Waals surface area contributed by atoms with Crippen LogP contribution in [0.1, 0.15) is 44.7 Å². The molecule has 0 saturated carbocycles. The van der Waals surface area contributed by atoms with Crippen LogP contribution in [0, 0.1) is 22.7 Å². The molecule has 0 aliphatic carbocycles. The lowest BCUT2D eigenvalue weighted by molar-refractivity contribution is -0.274. The van der Waals surface area contributed by atoms with Gasteiger partial charge >= 0.3 is 12.5 Å². The fraction of sp³-hybridized carbons (Fsp3) is 0.481. The maximum absolute atomic E-state index is 13.4. The molecule has 1 aliphatic heterocycles. The summed E-state index contributed by atoms with van der Waals surface area (Å²) in [4.78, 5) is 8.77. The van der Waals surface area contributed by atoms with Gasteiger partial charge in [0.15, 0.2) is 5.75 Å². The van der Waals surface area contributed by atoms with E-state index in [9.17, 15) is 36.7 Å². The number of nitriles is 1. The van der Waals surface area contributed by atoms with Crippen LogP contribution in [-0.4, -0.2) is 46.9 Å². The summed E-state index contributed by atoms with van der Waals surface area (Å²) in [6.07, 6.45) is -9.89. The third kappa shape index (κ3) is 7.53. The minimum absolute atomic E-state index is 0.00663. The lowest BCUT2D eigenvalue weighted by Crippen LogP contribution is -2.42. The van der Waals surface area contributed by atoms with E-state index in [4.69, 9.17) is 0 Å². The maximum atomic E-state index is 13.4. The molecule has 0 amide bonds. The first kappa shape index (κ1) is 30.3. The highest BCUT2D eigenvalue weighted by Gasteiger charge is 2.42. The summed E-state index contributed by atoms with van der Waals surface area (Å²) in [5, 5.41) is 25.6. The molecule has 4 rings (SSSR count). The van der Waals surface area contributed by atoms with Gasteiger partial charge in [-0.25, -0.2) is 4.98 Å². The second-order valence-corrected chi connectivity index (χ2v) is 11.1. The lowest BCUT2D eigenvalue weighted by Gasteiger charge is -2.35. The van der Waals surface area contributed by atoms with Gasteiger partial charge in [0, 0.05) is 25.0 Å². The first-order valence-electron chi connectivity index (χ1n) is 12.9. The van der Waals surface area contributed by atoms with Crippen molar-refractivity contribution < 1.29 is 36.2 Å². The highest BCUT2D eigenvalue weighted by atomic mass is 19.4. The van der Waals surface area contributed by atoms with Crippen LogP contribution in [-0.2, 0) is 6.54 Å². The highest BCUT2D eigenvalue weighted by molar-refractivity contribution is 5.85. The second kappa shape index (κ2) is 11.3. The van der Waals surface area contributed by atoms with Crippen molar-refractivity contribution in [3.63, 3.8) is 0 Å². The van der Waals surface area contributed by atoms with Crippen LogP contribution in [0.5, 0.6) is 5.75 Å². The van der Waals surface area contributed by atoms with Crippen LogP contribution < -0.4 is 20.3 Å². The Labute approximate surface area is 232 Å². The van der Waals surface area contributed by atoms with Crippen molar-refractivity contribution in [3.05, 3.63) is 41.5 Å². The van der Waals surface area contributed by atoms with Crippen molar-refractivity contribution in [2.24, 2.45) is 11.3 Å². The average molecular weight is 585 g/mol. The number of halogens is 6. The van der Waals surface area contributed by atoms with Crippen LogP contribution >= 0.6 is 0 Å². The minimum atomic E-state index is -4.97. The van der Waals surface area contributed by atoms with Gasteiger partial charge in [-0.15, -0.1) is 13.2 Å². The van der Waals surface area contributed by atoms with Crippen molar-refractivity contribution in [1.29, 1.82) is 5.26 Å². The number of alkyl halides is 6. The highest BCUT2D eigenvalue weighted by Crippen LogP contribution is 2.37. The quantitative estimate of drug-likeness (QED) is 0.190. The van der Waals surface area contributed by atoms with Crippen molar-refractivity contribution in [2.45, 2.75) is 58.9 Å². The summed E-state index contributed by atoms with van der Waals surface area (Å²) >= 11 is 0. The molecule has 3 aromatic rings. The van der Waals surface area contributed by atoms with Crippen molar-refractivity contribution >= 4 is 28.4 Å². The molecule has 4 N–H and O–H groups in total. The number of H-pyrrole nitrogens is 1. The van der Waals surface area contributed by atoms with E-state index in [2.05, 4.69) is 25.3 Å². The number of benzene rings is 2. The topological polar surface area (TPSA) is 109 Å². The maximum Gasteiger partial charge on any atom is 0.573 e. The number of aromatic nitrogens is 2. The predicted molar refractivity (Wildman–Crippen MR) is 141 cm³/mol. The minimum Gasteiger partial charge on any atom is -0.404 e. The van der Waals surface area contributed by atoms with Gasteiger partial charge in [-0.2, -0.15) is 18.4 Å². The molecule has 41 heavy (non-hydrogen) atoms. The molecule has 0 spiro atoms. The molecule has 1 saturated heterocycles. The Hall–Kier alpha value is -3.70. The van der Waals surface area contributed by atoms with Crippen molar-refractivity contribution in [1.82, 2.24) is 15.3 Å². The molecule has 2 atom stereocenters. The number of aliphatic hydroxyl groups excluding tert-OH is 1. The van der Waals surface area contributed by atoms with E-state index < -0.39 is 35.8 Å². The number of ether oxygens (including phenoxy) is 1. The van der Waals surface area contributed by atoms with Crippen LogP contribution in [0.25, 0.3) is 11.0 Å². The fourth-order valence-corrected chi connectivity index (χ4v) is 4.57. The SMILES string of the molecule is CC(C)(C)C(O)NCc1ccc(OC(F)(F)F)c(Nc2nc3cc(N4CCCC(C(F)(F)F)C4)c(C#N)cc3[nH]2)c1. The zero-order valence-electron chi connectivity index (χ0n) is 22.5. The number of imidazole rings is 1. The molecule has 0 bridgehead atoms.